The number of piperidine rings is 1. The van der Waals surface area contributed by atoms with Crippen LogP contribution < -0.4 is 11.1 Å². The fourth-order valence-electron chi connectivity index (χ4n) is 2.04. The van der Waals surface area contributed by atoms with Crippen LogP contribution >= 0.6 is 0 Å². The van der Waals surface area contributed by atoms with E-state index in [2.05, 4.69) is 17.1 Å². The summed E-state index contributed by atoms with van der Waals surface area (Å²) in [5.74, 6) is -0.137. The molecule has 0 unspecified atom stereocenters. The number of nitrogens with one attached hydrogen (secondary N) is 1. The molecule has 0 atom stereocenters. The number of rotatable bonds is 6. The highest BCUT2D eigenvalue weighted by atomic mass is 16.2. The van der Waals surface area contributed by atoms with Crippen molar-refractivity contribution in [3.05, 3.63) is 0 Å². The smallest absolute Gasteiger partial charge is 0.234 e. The third kappa shape index (κ3) is 5.17. The molecule has 0 radical (unpaired) electrons. The molecule has 0 bridgehead atoms. The summed E-state index contributed by atoms with van der Waals surface area (Å²) in [6.07, 6.45) is 3.66. The van der Waals surface area contributed by atoms with Crippen LogP contribution in [-0.4, -0.2) is 42.9 Å². The van der Waals surface area contributed by atoms with Gasteiger partial charge in [-0.2, -0.15) is 0 Å². The molecule has 1 saturated heterocycles. The van der Waals surface area contributed by atoms with Crippen molar-refractivity contribution >= 4 is 11.8 Å². The van der Waals surface area contributed by atoms with Crippen LogP contribution in [0.15, 0.2) is 0 Å². The number of hydrogen-bond donors (Lipinski definition) is 2. The molecular weight excluding hydrogens is 218 g/mol. The highest BCUT2D eigenvalue weighted by Crippen LogP contribution is 2.15. The summed E-state index contributed by atoms with van der Waals surface area (Å²) in [6, 6.07) is 0. The molecule has 1 heterocycles. The number of nitrogens with zero attached hydrogens (tertiary/aromatic N) is 1. The van der Waals surface area contributed by atoms with Gasteiger partial charge < -0.3 is 11.1 Å². The van der Waals surface area contributed by atoms with Gasteiger partial charge in [0.05, 0.1) is 6.54 Å². The number of likely N-dealkylation sites (tertiary alicyclic amines) is 1. The van der Waals surface area contributed by atoms with E-state index in [-0.39, 0.29) is 17.7 Å². The molecule has 3 N–H and O–H groups in total. The lowest BCUT2D eigenvalue weighted by atomic mass is 9.96. The van der Waals surface area contributed by atoms with Crippen molar-refractivity contribution in [1.29, 1.82) is 0 Å². The lowest BCUT2D eigenvalue weighted by Gasteiger charge is -2.29. The van der Waals surface area contributed by atoms with E-state index in [1.54, 1.807) is 0 Å². The normalized spacial score (nSPS) is 17.9. The van der Waals surface area contributed by atoms with Crippen LogP contribution in [0.5, 0.6) is 0 Å². The number of nitrogens with two attached hydrogens (primary N) is 1. The Kier molecular flexibility index (Phi) is 5.97. The minimum absolute atomic E-state index is 0.00518. The predicted octanol–water partition coefficient (Wildman–Crippen LogP) is 0.100. The summed E-state index contributed by atoms with van der Waals surface area (Å²) in [7, 11) is 0. The molecule has 0 saturated carbocycles. The molecule has 1 aliphatic rings. The molecule has 2 amide bonds. The molecular formula is C12H23N3O2. The van der Waals surface area contributed by atoms with Gasteiger partial charge in [0, 0.05) is 12.5 Å². The van der Waals surface area contributed by atoms with Crippen LogP contribution in [0.25, 0.3) is 0 Å². The third-order valence-electron chi connectivity index (χ3n) is 3.21. The van der Waals surface area contributed by atoms with Gasteiger partial charge in [0.2, 0.25) is 11.8 Å². The molecule has 0 aliphatic carbocycles. The van der Waals surface area contributed by atoms with Crippen molar-refractivity contribution in [2.75, 3.05) is 26.2 Å². The topological polar surface area (TPSA) is 75.4 Å². The maximum absolute atomic E-state index is 11.6. The van der Waals surface area contributed by atoms with E-state index in [4.69, 9.17) is 5.73 Å². The van der Waals surface area contributed by atoms with E-state index in [1.807, 2.05) is 0 Å². The van der Waals surface area contributed by atoms with Crippen LogP contribution in [0.1, 0.15) is 32.6 Å². The second kappa shape index (κ2) is 7.27. The van der Waals surface area contributed by atoms with E-state index >= 15 is 0 Å². The summed E-state index contributed by atoms with van der Waals surface area (Å²) in [5.41, 5.74) is 5.26. The van der Waals surface area contributed by atoms with Crippen LogP contribution in [0.3, 0.4) is 0 Å². The Morgan fingerprint density at radius 2 is 2.00 bits per heavy atom. The lowest BCUT2D eigenvalue weighted by molar-refractivity contribution is -0.124. The second-order valence-electron chi connectivity index (χ2n) is 4.66. The van der Waals surface area contributed by atoms with E-state index in [9.17, 15) is 9.59 Å². The van der Waals surface area contributed by atoms with Gasteiger partial charge in [-0.25, -0.2) is 0 Å². The van der Waals surface area contributed by atoms with Gasteiger partial charge in [0.1, 0.15) is 0 Å². The fourth-order valence-corrected chi connectivity index (χ4v) is 2.04. The van der Waals surface area contributed by atoms with Crippen molar-refractivity contribution in [2.45, 2.75) is 32.6 Å². The standard InChI is InChI=1S/C12H23N3O2/c1-2-3-6-14-11(16)9-15-7-4-10(5-8-15)12(13)17/h10H,2-9H2,1H3,(H2,13,17)(H,14,16). The molecule has 0 spiro atoms. The van der Waals surface area contributed by atoms with Crippen molar-refractivity contribution in [2.24, 2.45) is 11.7 Å². The zero-order chi connectivity index (χ0) is 12.7. The average molecular weight is 241 g/mol. The van der Waals surface area contributed by atoms with Crippen LogP contribution in [-0.2, 0) is 9.59 Å². The Labute approximate surface area is 103 Å². The Morgan fingerprint density at radius 3 is 2.53 bits per heavy atom. The Morgan fingerprint density at radius 1 is 1.35 bits per heavy atom. The first-order valence-corrected chi connectivity index (χ1v) is 6.41. The van der Waals surface area contributed by atoms with Crippen molar-refractivity contribution in [3.8, 4) is 0 Å². The molecule has 5 nitrogen and oxygen atoms in total. The molecule has 0 aromatic carbocycles. The van der Waals surface area contributed by atoms with E-state index in [0.717, 1.165) is 45.3 Å². The quantitative estimate of drug-likeness (QED) is 0.648. The van der Waals surface area contributed by atoms with Crippen LogP contribution in [0.2, 0.25) is 0 Å². The molecule has 1 fully saturated rings. The highest BCUT2D eigenvalue weighted by molar-refractivity contribution is 5.78. The first-order chi connectivity index (χ1) is 8.13. The Hall–Kier alpha value is -1.10. The summed E-state index contributed by atoms with van der Waals surface area (Å²) in [6.45, 7) is 4.87. The largest absolute Gasteiger partial charge is 0.369 e. The van der Waals surface area contributed by atoms with Gasteiger partial charge in [-0.05, 0) is 32.4 Å². The van der Waals surface area contributed by atoms with Crippen molar-refractivity contribution in [1.82, 2.24) is 10.2 Å². The van der Waals surface area contributed by atoms with Gasteiger partial charge in [-0.15, -0.1) is 0 Å². The zero-order valence-electron chi connectivity index (χ0n) is 10.6. The summed E-state index contributed by atoms with van der Waals surface area (Å²) >= 11 is 0. The molecule has 1 rings (SSSR count). The van der Waals surface area contributed by atoms with Crippen molar-refractivity contribution < 1.29 is 9.59 Å². The van der Waals surface area contributed by atoms with Gasteiger partial charge in [0.25, 0.3) is 0 Å². The van der Waals surface area contributed by atoms with Crippen LogP contribution in [0.4, 0.5) is 0 Å². The van der Waals surface area contributed by atoms with E-state index in [0.29, 0.717) is 6.54 Å². The molecule has 98 valence electrons. The fraction of sp³-hybridized carbons (Fsp3) is 0.833. The van der Waals surface area contributed by atoms with Gasteiger partial charge in [-0.3, -0.25) is 14.5 Å². The maximum Gasteiger partial charge on any atom is 0.234 e. The van der Waals surface area contributed by atoms with E-state index < -0.39 is 0 Å². The minimum atomic E-state index is -0.211. The number of unbranched alkanes of at least 4 members (excludes halogenated alkanes) is 1. The molecule has 17 heavy (non-hydrogen) atoms. The highest BCUT2D eigenvalue weighted by Gasteiger charge is 2.23. The number of primary amides is 1. The molecule has 0 aromatic heterocycles. The summed E-state index contributed by atoms with van der Waals surface area (Å²) < 4.78 is 0. The van der Waals surface area contributed by atoms with Gasteiger partial charge in [-0.1, -0.05) is 13.3 Å². The van der Waals surface area contributed by atoms with E-state index in [1.165, 1.54) is 0 Å². The summed E-state index contributed by atoms with van der Waals surface area (Å²) in [4.78, 5) is 24.6. The first-order valence-electron chi connectivity index (χ1n) is 6.41. The number of hydrogen-bond acceptors (Lipinski definition) is 3. The lowest BCUT2D eigenvalue weighted by Crippen LogP contribution is -2.43. The average Bonchev–Trinajstić information content (AvgIpc) is 2.30. The molecule has 0 aromatic rings. The first kappa shape index (κ1) is 14.0. The van der Waals surface area contributed by atoms with Gasteiger partial charge >= 0.3 is 0 Å². The van der Waals surface area contributed by atoms with Crippen LogP contribution in [0, 0.1) is 5.92 Å². The minimum Gasteiger partial charge on any atom is -0.369 e. The number of amides is 2. The monoisotopic (exact) mass is 241 g/mol. The Balaban J connectivity index is 2.17. The van der Waals surface area contributed by atoms with Gasteiger partial charge in [0.15, 0.2) is 0 Å². The molecule has 5 heteroatoms. The van der Waals surface area contributed by atoms with Crippen molar-refractivity contribution in [3.63, 3.8) is 0 Å². The molecule has 1 aliphatic heterocycles. The Bertz CT molecular complexity index is 260. The maximum atomic E-state index is 11.6. The predicted molar refractivity (Wildman–Crippen MR) is 66.3 cm³/mol. The zero-order valence-corrected chi connectivity index (χ0v) is 10.6. The SMILES string of the molecule is CCCCNC(=O)CN1CCC(C(N)=O)CC1. The second-order valence-corrected chi connectivity index (χ2v) is 4.66. The summed E-state index contributed by atoms with van der Waals surface area (Å²) in [5, 5.41) is 2.89. The third-order valence-corrected chi connectivity index (χ3v) is 3.21. The number of carbonyl (C=O) groups is 2. The number of carbonyl (C=O) groups excluding carboxylic acids is 2.